The van der Waals surface area contributed by atoms with Crippen LogP contribution in [0.2, 0.25) is 0 Å². The van der Waals surface area contributed by atoms with Crippen molar-refractivity contribution < 1.29 is 9.59 Å². The van der Waals surface area contributed by atoms with Gasteiger partial charge in [-0.2, -0.15) is 0 Å². The summed E-state index contributed by atoms with van der Waals surface area (Å²) in [6.45, 7) is 4.16. The summed E-state index contributed by atoms with van der Waals surface area (Å²) < 4.78 is 1.02. The summed E-state index contributed by atoms with van der Waals surface area (Å²) in [5, 5.41) is 0. The largest absolute Gasteiger partial charge is 0.304 e. The number of hydrogen-bond donors (Lipinski definition) is 0. The Bertz CT molecular complexity index is 482. The third kappa shape index (κ3) is 1.78. The van der Waals surface area contributed by atoms with E-state index in [2.05, 4.69) is 15.9 Å². The van der Waals surface area contributed by atoms with Crippen LogP contribution in [-0.2, 0) is 9.59 Å². The fourth-order valence-corrected chi connectivity index (χ4v) is 2.30. The number of halogens is 1. The summed E-state index contributed by atoms with van der Waals surface area (Å²) >= 11 is 3.45. The van der Waals surface area contributed by atoms with Crippen LogP contribution in [0.4, 0.5) is 5.69 Å². The molecule has 0 aliphatic carbocycles. The van der Waals surface area contributed by atoms with E-state index in [4.69, 9.17) is 0 Å². The molecule has 4 heteroatoms. The van der Waals surface area contributed by atoms with Crippen molar-refractivity contribution in [2.45, 2.75) is 20.3 Å². The summed E-state index contributed by atoms with van der Waals surface area (Å²) in [5.41, 5.74) is 2.98. The first-order valence-electron chi connectivity index (χ1n) is 5.08. The zero-order valence-corrected chi connectivity index (χ0v) is 10.8. The number of Topliss-reactive ketones (excluding diaryl/α,β-unsaturated/α-hetero) is 1. The maximum absolute atomic E-state index is 11.6. The van der Waals surface area contributed by atoms with Crippen molar-refractivity contribution in [2.24, 2.45) is 0 Å². The van der Waals surface area contributed by atoms with Crippen molar-refractivity contribution in [3.05, 3.63) is 27.7 Å². The number of nitrogens with zero attached hydrogens (tertiary/aromatic N) is 1. The van der Waals surface area contributed by atoms with Crippen LogP contribution in [0.3, 0.4) is 0 Å². The number of carbonyl (C=O) groups is 2. The lowest BCUT2D eigenvalue weighted by molar-refractivity contribution is -0.121. The molecule has 1 heterocycles. The summed E-state index contributed by atoms with van der Waals surface area (Å²) in [4.78, 5) is 24.4. The molecular weight excluding hydrogens is 270 g/mol. The minimum atomic E-state index is -0.102. The van der Waals surface area contributed by atoms with Gasteiger partial charge in [-0.15, -0.1) is 0 Å². The molecule has 0 unspecified atom stereocenters. The number of rotatable bonds is 1. The highest BCUT2D eigenvalue weighted by molar-refractivity contribution is 9.10. The maximum atomic E-state index is 11.6. The molecule has 0 spiro atoms. The van der Waals surface area contributed by atoms with Gasteiger partial charge < -0.3 is 4.90 Å². The Morgan fingerprint density at radius 3 is 2.44 bits per heavy atom. The second-order valence-corrected chi connectivity index (χ2v) is 4.87. The highest BCUT2D eigenvalue weighted by atomic mass is 79.9. The first kappa shape index (κ1) is 11.3. The molecule has 0 N–H and O–H groups in total. The smallest absolute Gasteiger partial charge is 0.234 e. The number of benzene rings is 1. The van der Waals surface area contributed by atoms with E-state index >= 15 is 0 Å². The Hall–Kier alpha value is -1.16. The number of amides is 1. The average Bonchev–Trinajstić information content (AvgIpc) is 2.55. The van der Waals surface area contributed by atoms with Crippen molar-refractivity contribution in [3.8, 4) is 0 Å². The maximum Gasteiger partial charge on any atom is 0.234 e. The fraction of sp³-hybridized carbons (Fsp3) is 0.333. The van der Waals surface area contributed by atoms with Crippen molar-refractivity contribution in [2.75, 3.05) is 11.4 Å². The number of anilines is 1. The Kier molecular flexibility index (Phi) is 2.84. The molecule has 0 atom stereocenters. The van der Waals surface area contributed by atoms with Gasteiger partial charge in [-0.05, 0) is 37.1 Å². The molecule has 2 rings (SSSR count). The molecule has 84 valence electrons. The second-order valence-electron chi connectivity index (χ2n) is 4.01. The molecule has 0 radical (unpaired) electrons. The molecule has 3 nitrogen and oxygen atoms in total. The second kappa shape index (κ2) is 4.01. The normalized spacial score (nSPS) is 16.1. The molecule has 1 saturated heterocycles. The van der Waals surface area contributed by atoms with Crippen LogP contribution < -0.4 is 4.90 Å². The first-order valence-corrected chi connectivity index (χ1v) is 5.88. The van der Waals surface area contributed by atoms with E-state index in [1.807, 2.05) is 26.0 Å². The molecule has 0 saturated carbocycles. The highest BCUT2D eigenvalue weighted by Gasteiger charge is 2.29. The third-order valence-corrected chi connectivity index (χ3v) is 3.83. The van der Waals surface area contributed by atoms with Crippen molar-refractivity contribution >= 4 is 33.3 Å². The monoisotopic (exact) mass is 281 g/mol. The Labute approximate surface area is 103 Å². The summed E-state index contributed by atoms with van der Waals surface area (Å²) in [5.74, 6) is -0.111. The lowest BCUT2D eigenvalue weighted by Gasteiger charge is -2.19. The van der Waals surface area contributed by atoms with Gasteiger partial charge in [0, 0.05) is 10.2 Å². The molecule has 1 aliphatic heterocycles. The van der Waals surface area contributed by atoms with E-state index < -0.39 is 0 Å². The van der Waals surface area contributed by atoms with Crippen molar-refractivity contribution in [1.29, 1.82) is 0 Å². The topological polar surface area (TPSA) is 37.4 Å². The van der Waals surface area contributed by atoms with Gasteiger partial charge in [-0.25, -0.2) is 0 Å². The van der Waals surface area contributed by atoms with Gasteiger partial charge >= 0.3 is 0 Å². The Balaban J connectivity index is 2.45. The van der Waals surface area contributed by atoms with Gasteiger partial charge in [-0.1, -0.05) is 15.9 Å². The first-order chi connectivity index (χ1) is 7.50. The number of ketones is 1. The van der Waals surface area contributed by atoms with Crippen molar-refractivity contribution in [1.82, 2.24) is 0 Å². The van der Waals surface area contributed by atoms with Crippen molar-refractivity contribution in [3.63, 3.8) is 0 Å². The van der Waals surface area contributed by atoms with Gasteiger partial charge in [0.25, 0.3) is 0 Å². The lowest BCUT2D eigenvalue weighted by Crippen LogP contribution is -2.25. The third-order valence-electron chi connectivity index (χ3n) is 2.97. The zero-order chi connectivity index (χ0) is 11.9. The van der Waals surface area contributed by atoms with Crippen LogP contribution in [0.5, 0.6) is 0 Å². The fourth-order valence-electron chi connectivity index (χ4n) is 1.87. The molecule has 16 heavy (non-hydrogen) atoms. The summed E-state index contributed by atoms with van der Waals surface area (Å²) in [6.07, 6.45) is 0.0363. The molecule has 0 aromatic heterocycles. The van der Waals surface area contributed by atoms with E-state index in [9.17, 15) is 9.59 Å². The predicted octanol–water partition coefficient (Wildman–Crippen LogP) is 2.37. The quantitative estimate of drug-likeness (QED) is 0.742. The molecule has 1 fully saturated rings. The van der Waals surface area contributed by atoms with Gasteiger partial charge in [0.15, 0.2) is 5.78 Å². The van der Waals surface area contributed by atoms with Crippen LogP contribution in [0.1, 0.15) is 17.5 Å². The van der Waals surface area contributed by atoms with Crippen LogP contribution in [0.15, 0.2) is 16.6 Å². The highest BCUT2D eigenvalue weighted by Crippen LogP contribution is 2.30. The molecular formula is C12H12BrNO2. The predicted molar refractivity (Wildman–Crippen MR) is 65.6 cm³/mol. The minimum absolute atomic E-state index is 0.00929. The zero-order valence-electron chi connectivity index (χ0n) is 9.21. The SMILES string of the molecule is Cc1c(Br)ccc(N2CC(=O)CC2=O)c1C. The van der Waals surface area contributed by atoms with Crippen LogP contribution in [-0.4, -0.2) is 18.2 Å². The Morgan fingerprint density at radius 1 is 1.19 bits per heavy atom. The van der Waals surface area contributed by atoms with E-state index in [1.54, 1.807) is 4.90 Å². The summed E-state index contributed by atoms with van der Waals surface area (Å²) in [6, 6.07) is 3.79. The van der Waals surface area contributed by atoms with E-state index in [0.717, 1.165) is 21.3 Å². The van der Waals surface area contributed by atoms with E-state index in [1.165, 1.54) is 0 Å². The molecule has 1 aromatic rings. The van der Waals surface area contributed by atoms with Crippen LogP contribution >= 0.6 is 15.9 Å². The average molecular weight is 282 g/mol. The standard InChI is InChI=1S/C12H12BrNO2/c1-7-8(2)11(4-3-10(7)13)14-6-9(15)5-12(14)16/h3-4H,5-6H2,1-2H3. The molecule has 0 bridgehead atoms. The van der Waals surface area contributed by atoms with Gasteiger partial charge in [0.05, 0.1) is 13.0 Å². The Morgan fingerprint density at radius 2 is 1.88 bits per heavy atom. The lowest BCUT2D eigenvalue weighted by atomic mass is 10.1. The molecule has 1 aromatic carbocycles. The number of carbonyl (C=O) groups excluding carboxylic acids is 2. The minimum Gasteiger partial charge on any atom is -0.304 e. The van der Waals surface area contributed by atoms with Gasteiger partial charge in [-0.3, -0.25) is 9.59 Å². The van der Waals surface area contributed by atoms with E-state index in [0.29, 0.717) is 0 Å². The van der Waals surface area contributed by atoms with E-state index in [-0.39, 0.29) is 24.7 Å². The van der Waals surface area contributed by atoms with Gasteiger partial charge in [0.2, 0.25) is 5.91 Å². The molecule has 1 aliphatic rings. The van der Waals surface area contributed by atoms with Crippen LogP contribution in [0.25, 0.3) is 0 Å². The molecule has 1 amide bonds. The van der Waals surface area contributed by atoms with Gasteiger partial charge in [0.1, 0.15) is 0 Å². The number of hydrogen-bond acceptors (Lipinski definition) is 2. The summed E-state index contributed by atoms with van der Waals surface area (Å²) in [7, 11) is 0. The van der Waals surface area contributed by atoms with Crippen LogP contribution in [0, 0.1) is 13.8 Å².